The van der Waals surface area contributed by atoms with Gasteiger partial charge in [-0.1, -0.05) is 0 Å². The Bertz CT molecular complexity index is 1540. The van der Waals surface area contributed by atoms with Gasteiger partial charge in [-0.15, -0.1) is 0 Å². The number of ether oxygens (including phenoxy) is 4. The lowest BCUT2D eigenvalue weighted by Crippen LogP contribution is -2.61. The van der Waals surface area contributed by atoms with E-state index in [0.717, 1.165) is 12.1 Å². The molecule has 10 atom stereocenters. The lowest BCUT2D eigenvalue weighted by molar-refractivity contribution is -0.318. The Morgan fingerprint density at radius 1 is 0.702 bits per heavy atom. The number of aromatic hydroxyl groups is 4. The minimum Gasteiger partial charge on any atom is -0.504 e. The van der Waals surface area contributed by atoms with Crippen molar-refractivity contribution < 1.29 is 74.4 Å². The average molecular weight is 747 g/mol. The zero-order valence-corrected chi connectivity index (χ0v) is 28.3. The van der Waals surface area contributed by atoms with Gasteiger partial charge < -0.3 is 74.4 Å². The lowest BCUT2D eigenvalue weighted by atomic mass is 9.98. The van der Waals surface area contributed by atoms with E-state index < -0.39 is 102 Å². The van der Waals surface area contributed by atoms with Gasteiger partial charge in [-0.25, -0.2) is 0 Å². The normalized spacial score (nSPS) is 30.2. The van der Waals surface area contributed by atoms with Crippen LogP contribution >= 0.6 is 54.0 Å². The molecule has 2 aliphatic heterocycles. The number of phenolic OH excluding ortho intramolecular Hbond substituents is 3. The number of hydrogen-bond acceptors (Lipinski definition) is 16. The molecule has 3 aromatic rings. The maximum absolute atomic E-state index is 12.8. The predicted molar refractivity (Wildman–Crippen MR) is 182 cm³/mol. The van der Waals surface area contributed by atoms with Gasteiger partial charge in [-0.2, -0.15) is 54.0 Å². The van der Waals surface area contributed by atoms with E-state index in [1.54, 1.807) is 0 Å². The molecule has 0 spiro atoms. The number of phenols is 3. The molecule has 0 amide bonds. The predicted octanol–water partition coefficient (Wildman–Crippen LogP) is -1.24. The molecule has 0 bridgehead atoms. The Morgan fingerprint density at radius 2 is 1.28 bits per heavy atom. The number of fused-ring (bicyclic) bond motifs is 1. The molecule has 0 saturated carbocycles. The van der Waals surface area contributed by atoms with Gasteiger partial charge in [0.1, 0.15) is 54.1 Å². The minimum atomic E-state index is -1.78. The quantitative estimate of drug-likeness (QED) is 0.132. The molecule has 47 heavy (non-hydrogen) atoms. The van der Waals surface area contributed by atoms with Crippen molar-refractivity contribution in [3.8, 4) is 40.1 Å². The van der Waals surface area contributed by atoms with Crippen molar-refractivity contribution in [1.82, 2.24) is 0 Å². The monoisotopic (exact) mass is 746 g/mol. The molecule has 20 heteroatoms. The largest absolute Gasteiger partial charge is 0.504 e. The first-order valence-corrected chi connectivity index (χ1v) is 13.0. The van der Waals surface area contributed by atoms with Crippen LogP contribution < -0.4 is 10.2 Å². The van der Waals surface area contributed by atoms with Crippen LogP contribution in [0.1, 0.15) is 6.92 Å². The van der Waals surface area contributed by atoms with Gasteiger partial charge in [0.25, 0.3) is 0 Å². The second kappa shape index (κ2) is 16.9. The highest BCUT2D eigenvalue weighted by Crippen LogP contribution is 2.41. The van der Waals surface area contributed by atoms with Gasteiger partial charge in [-0.3, -0.25) is 4.79 Å². The van der Waals surface area contributed by atoms with Crippen LogP contribution in [0, 0.1) is 0 Å². The lowest BCUT2D eigenvalue weighted by Gasteiger charge is -2.42. The third kappa shape index (κ3) is 8.29. The molecule has 5 unspecified atom stereocenters. The summed E-state index contributed by atoms with van der Waals surface area (Å²) >= 11 is 0. The van der Waals surface area contributed by atoms with Crippen molar-refractivity contribution >= 4 is 65.0 Å². The van der Waals surface area contributed by atoms with E-state index in [2.05, 4.69) is 0 Å². The molecule has 0 aliphatic carbocycles. The fraction of sp³-hybridized carbons (Fsp3) is 0.444. The van der Waals surface area contributed by atoms with Crippen LogP contribution in [0.5, 0.6) is 28.7 Å². The third-order valence-electron chi connectivity index (χ3n) is 7.33. The number of hydrogen-bond donors (Lipinski definition) is 10. The van der Waals surface area contributed by atoms with Gasteiger partial charge in [0.05, 0.1) is 18.1 Å². The molecule has 0 radical (unpaired) electrons. The highest BCUT2D eigenvalue weighted by molar-refractivity contribution is 7.59. The number of benzene rings is 2. The van der Waals surface area contributed by atoms with Gasteiger partial charge in [0, 0.05) is 11.6 Å². The molecule has 5 rings (SSSR count). The summed E-state index contributed by atoms with van der Waals surface area (Å²) in [5.41, 5.74) is -1.17. The number of rotatable bonds is 6. The Kier molecular flexibility index (Phi) is 15.3. The fourth-order valence-electron chi connectivity index (χ4n) is 4.79. The summed E-state index contributed by atoms with van der Waals surface area (Å²) in [5.74, 6) is -3.68. The van der Waals surface area contributed by atoms with Crippen molar-refractivity contribution in [2.75, 3.05) is 6.61 Å². The summed E-state index contributed by atoms with van der Waals surface area (Å²) in [7, 11) is 0. The van der Waals surface area contributed by atoms with Crippen LogP contribution in [0.4, 0.5) is 0 Å². The first-order chi connectivity index (χ1) is 20.3. The Morgan fingerprint density at radius 3 is 1.89 bits per heavy atom. The zero-order valence-electron chi connectivity index (χ0n) is 24.3. The van der Waals surface area contributed by atoms with E-state index in [1.165, 1.54) is 25.1 Å². The van der Waals surface area contributed by atoms with E-state index in [9.17, 15) is 55.9 Å². The van der Waals surface area contributed by atoms with Gasteiger partial charge >= 0.3 is 0 Å². The molecule has 16 nitrogen and oxygen atoms in total. The highest BCUT2D eigenvalue weighted by atomic mass is 32.1. The van der Waals surface area contributed by atoms with Gasteiger partial charge in [0.2, 0.25) is 17.5 Å². The highest BCUT2D eigenvalue weighted by Gasteiger charge is 2.47. The van der Waals surface area contributed by atoms with Crippen LogP contribution in [0.25, 0.3) is 22.3 Å². The molecule has 2 aliphatic rings. The summed E-state index contributed by atoms with van der Waals surface area (Å²) < 4.78 is 27.7. The van der Waals surface area contributed by atoms with Crippen molar-refractivity contribution in [2.45, 2.75) is 68.3 Å². The number of aliphatic hydroxyl groups is 6. The van der Waals surface area contributed by atoms with E-state index in [-0.39, 0.29) is 76.3 Å². The third-order valence-corrected chi connectivity index (χ3v) is 7.33. The summed E-state index contributed by atoms with van der Waals surface area (Å²) in [4.78, 5) is 12.8. The second-order valence-corrected chi connectivity index (χ2v) is 10.3. The molecule has 266 valence electrons. The standard InChI is InChI=1S/C27H30O16.4H2S/c1-8-16(30)20(34)23(37)26(40-8)39-7-15-19(33)21(35)24(38)27(43-15)41-10-2-3-11-14(6-10)42-25(22(36)17(11)31)9-4-12(28)18(32)13(29)5-9;;;;/h2-6,8,15-16,19-21,23-24,26-30,32-38H,7H2,1H3;4*1H2/t8-,15?,16?,19+,20+,21?,23+,24+,26?,27?;;;;/m0..../s1. The van der Waals surface area contributed by atoms with E-state index in [0.29, 0.717) is 0 Å². The molecule has 2 saturated heterocycles. The first-order valence-electron chi connectivity index (χ1n) is 13.0. The molecule has 3 heterocycles. The first kappa shape index (κ1) is 42.7. The Balaban J connectivity index is 0.00000276. The van der Waals surface area contributed by atoms with Crippen LogP contribution in [-0.2, 0) is 14.2 Å². The topological polar surface area (TPSA) is 269 Å². The van der Waals surface area contributed by atoms with Crippen LogP contribution in [-0.4, -0.2) is 119 Å². The molecule has 2 aromatic carbocycles. The minimum absolute atomic E-state index is 0. The maximum Gasteiger partial charge on any atom is 0.235 e. The Hall–Kier alpha value is -2.31. The summed E-state index contributed by atoms with van der Waals surface area (Å²) in [6.45, 7) is 0.935. The summed E-state index contributed by atoms with van der Waals surface area (Å²) in [6.07, 6.45) is -15.1. The average Bonchev–Trinajstić information content (AvgIpc) is 2.98. The van der Waals surface area contributed by atoms with Crippen molar-refractivity contribution in [3.05, 3.63) is 40.6 Å². The van der Waals surface area contributed by atoms with Gasteiger partial charge in [-0.05, 0) is 31.2 Å². The van der Waals surface area contributed by atoms with Crippen molar-refractivity contribution in [1.29, 1.82) is 0 Å². The number of aliphatic hydroxyl groups excluding tert-OH is 6. The van der Waals surface area contributed by atoms with Crippen molar-refractivity contribution in [2.24, 2.45) is 0 Å². The SMILES string of the molecule is C[C@@H]1OC(OCC2OC(Oc3ccc4c(=O)c(O)c(-c5cc(O)c(O)c(O)c5)oc4c3)[C@H](O)C(O)[C@@H]2O)[C@H](O)[C@H](O)C1O.S.S.S.S. The molecular formula is C27H38O16S4. The van der Waals surface area contributed by atoms with E-state index in [1.807, 2.05) is 0 Å². The Labute approximate surface area is 294 Å². The van der Waals surface area contributed by atoms with E-state index >= 15 is 0 Å². The molecule has 2 fully saturated rings. The summed E-state index contributed by atoms with van der Waals surface area (Å²) in [5, 5.41) is 101. The van der Waals surface area contributed by atoms with E-state index in [4.69, 9.17) is 23.4 Å². The fourth-order valence-corrected chi connectivity index (χ4v) is 4.79. The van der Waals surface area contributed by atoms with Crippen LogP contribution in [0.3, 0.4) is 0 Å². The van der Waals surface area contributed by atoms with Crippen LogP contribution in [0.2, 0.25) is 0 Å². The summed E-state index contributed by atoms with van der Waals surface area (Å²) in [6, 6.07) is 5.59. The van der Waals surface area contributed by atoms with Crippen LogP contribution in [0.15, 0.2) is 39.5 Å². The smallest absolute Gasteiger partial charge is 0.235 e. The second-order valence-electron chi connectivity index (χ2n) is 10.3. The molecule has 10 N–H and O–H groups in total. The zero-order chi connectivity index (χ0) is 31.3. The maximum atomic E-state index is 12.8. The van der Waals surface area contributed by atoms with Crippen molar-refractivity contribution in [3.63, 3.8) is 0 Å². The van der Waals surface area contributed by atoms with Gasteiger partial charge in [0.15, 0.2) is 29.3 Å². The molecule has 1 aromatic heterocycles. The molecular weight excluding hydrogens is 709 g/mol.